The Labute approximate surface area is 151 Å². The first-order valence-corrected chi connectivity index (χ1v) is 9.01. The predicted octanol–water partition coefficient (Wildman–Crippen LogP) is 4.17. The maximum Gasteiger partial charge on any atom is 0.233 e. The number of hydrogen-bond acceptors (Lipinski definition) is 3. The lowest BCUT2D eigenvalue weighted by molar-refractivity contribution is -0.128. The van der Waals surface area contributed by atoms with Crippen molar-refractivity contribution in [3.05, 3.63) is 59.7 Å². The van der Waals surface area contributed by atoms with Gasteiger partial charge in [-0.05, 0) is 36.8 Å². The molecule has 0 aliphatic rings. The van der Waals surface area contributed by atoms with Crippen molar-refractivity contribution in [3.63, 3.8) is 0 Å². The molecule has 0 saturated heterocycles. The normalized spacial score (nSPS) is 10.6. The molecule has 0 heterocycles. The molecule has 2 aromatic rings. The number of hydrogen-bond donors (Lipinski definition) is 0. The van der Waals surface area contributed by atoms with Gasteiger partial charge in [0.25, 0.3) is 0 Å². The Morgan fingerprint density at radius 3 is 2.32 bits per heavy atom. The minimum absolute atomic E-state index is 0.0760. The molecule has 1 amide bonds. The Bertz CT molecular complexity index is 720. The van der Waals surface area contributed by atoms with Gasteiger partial charge in [0.15, 0.2) is 0 Å². The summed E-state index contributed by atoms with van der Waals surface area (Å²) in [5, 5.41) is 0. The van der Waals surface area contributed by atoms with Gasteiger partial charge in [0.2, 0.25) is 5.91 Å². The summed E-state index contributed by atoms with van der Waals surface area (Å²) < 4.78 is 26.6. The van der Waals surface area contributed by atoms with Crippen molar-refractivity contribution in [2.45, 2.75) is 18.4 Å². The molecule has 0 saturated carbocycles. The van der Waals surface area contributed by atoms with E-state index in [2.05, 4.69) is 0 Å². The summed E-state index contributed by atoms with van der Waals surface area (Å²) in [4.78, 5) is 16.4. The van der Waals surface area contributed by atoms with E-state index in [1.54, 1.807) is 4.90 Å². The van der Waals surface area contributed by atoms with Gasteiger partial charge in [-0.2, -0.15) is 0 Å². The van der Waals surface area contributed by atoms with Crippen LogP contribution in [0.25, 0.3) is 0 Å². The minimum Gasteiger partial charge on any atom is -0.378 e. The average Bonchev–Trinajstić information content (AvgIpc) is 2.59. The Balaban J connectivity index is 1.96. The van der Waals surface area contributed by atoms with Gasteiger partial charge >= 0.3 is 0 Å². The van der Waals surface area contributed by atoms with E-state index in [4.69, 9.17) is 0 Å². The fraction of sp³-hybridized carbons (Fsp3) is 0.316. The van der Waals surface area contributed by atoms with Gasteiger partial charge in [-0.15, -0.1) is 11.8 Å². The number of halogens is 2. The molecule has 0 fully saturated rings. The van der Waals surface area contributed by atoms with Gasteiger partial charge in [0, 0.05) is 43.8 Å². The molecule has 3 nitrogen and oxygen atoms in total. The van der Waals surface area contributed by atoms with Gasteiger partial charge in [-0.3, -0.25) is 4.79 Å². The topological polar surface area (TPSA) is 23.6 Å². The minimum atomic E-state index is -0.639. The first kappa shape index (κ1) is 19.2. The first-order valence-electron chi connectivity index (χ1n) is 8.02. The molecule has 0 spiro atoms. The van der Waals surface area contributed by atoms with Crippen LogP contribution in [0, 0.1) is 11.6 Å². The van der Waals surface area contributed by atoms with Crippen LogP contribution in [-0.4, -0.2) is 37.2 Å². The lowest BCUT2D eigenvalue weighted by Gasteiger charge is -2.21. The van der Waals surface area contributed by atoms with Crippen molar-refractivity contribution >= 4 is 23.4 Å². The molecule has 6 heteroatoms. The average molecular weight is 364 g/mol. The second-order valence-corrected chi connectivity index (χ2v) is 6.85. The summed E-state index contributed by atoms with van der Waals surface area (Å²) in [5.74, 6) is -1.22. The number of anilines is 1. The van der Waals surface area contributed by atoms with E-state index < -0.39 is 11.6 Å². The highest BCUT2D eigenvalue weighted by Gasteiger charge is 2.14. The van der Waals surface area contributed by atoms with E-state index in [-0.39, 0.29) is 16.6 Å². The van der Waals surface area contributed by atoms with Crippen LogP contribution in [0.1, 0.15) is 12.5 Å². The molecule has 0 aliphatic heterocycles. The van der Waals surface area contributed by atoms with E-state index in [1.165, 1.54) is 12.1 Å². The molecule has 25 heavy (non-hydrogen) atoms. The standard InChI is InChI=1S/C19H22F2N2OS/c1-4-23(12-14-5-8-16(9-6-14)22(2)3)19(24)13-25-18-10-7-15(20)11-17(18)21/h5-11H,4,12-13H2,1-3H3. The SMILES string of the molecule is CCN(Cc1ccc(N(C)C)cc1)C(=O)CSc1ccc(F)cc1F. The predicted molar refractivity (Wildman–Crippen MR) is 98.9 cm³/mol. The number of thioether (sulfide) groups is 1. The number of carbonyl (C=O) groups excluding carboxylic acids is 1. The molecule has 0 N–H and O–H groups in total. The van der Waals surface area contributed by atoms with Crippen molar-refractivity contribution in [2.24, 2.45) is 0 Å². The molecular weight excluding hydrogens is 342 g/mol. The molecule has 2 aromatic carbocycles. The van der Waals surface area contributed by atoms with Gasteiger partial charge in [-0.1, -0.05) is 12.1 Å². The van der Waals surface area contributed by atoms with Crippen molar-refractivity contribution in [2.75, 3.05) is 31.3 Å². The second-order valence-electron chi connectivity index (χ2n) is 5.83. The summed E-state index contributed by atoms with van der Waals surface area (Å²) in [6.07, 6.45) is 0. The highest BCUT2D eigenvalue weighted by Crippen LogP contribution is 2.23. The second kappa shape index (κ2) is 8.85. The van der Waals surface area contributed by atoms with E-state index in [9.17, 15) is 13.6 Å². The van der Waals surface area contributed by atoms with Crippen LogP contribution >= 0.6 is 11.8 Å². The van der Waals surface area contributed by atoms with Crippen molar-refractivity contribution in [1.82, 2.24) is 4.90 Å². The Morgan fingerprint density at radius 1 is 1.08 bits per heavy atom. The van der Waals surface area contributed by atoms with Gasteiger partial charge in [-0.25, -0.2) is 8.78 Å². The molecule has 0 atom stereocenters. The van der Waals surface area contributed by atoms with E-state index in [1.807, 2.05) is 50.2 Å². The third kappa shape index (κ3) is 5.46. The van der Waals surface area contributed by atoms with E-state index in [0.29, 0.717) is 13.1 Å². The molecule has 0 aromatic heterocycles. The fourth-order valence-electron chi connectivity index (χ4n) is 2.32. The number of rotatable bonds is 7. The number of benzene rings is 2. The Hall–Kier alpha value is -2.08. The Kier molecular flexibility index (Phi) is 6.82. The molecule has 0 radical (unpaired) electrons. The number of carbonyl (C=O) groups is 1. The van der Waals surface area contributed by atoms with Gasteiger partial charge in [0.1, 0.15) is 11.6 Å². The van der Waals surface area contributed by atoms with Crippen LogP contribution in [0.2, 0.25) is 0 Å². The molecular formula is C19H22F2N2OS. The number of amides is 1. The van der Waals surface area contributed by atoms with Crippen LogP contribution in [0.15, 0.2) is 47.4 Å². The summed E-state index contributed by atoms with van der Waals surface area (Å²) >= 11 is 1.08. The van der Waals surface area contributed by atoms with Crippen molar-refractivity contribution < 1.29 is 13.6 Å². The van der Waals surface area contributed by atoms with Gasteiger partial charge < -0.3 is 9.80 Å². The molecule has 2 rings (SSSR count). The van der Waals surface area contributed by atoms with Crippen LogP contribution in [0.4, 0.5) is 14.5 Å². The molecule has 0 unspecified atom stereocenters. The molecule has 0 bridgehead atoms. The third-order valence-corrected chi connectivity index (χ3v) is 4.84. The summed E-state index contributed by atoms with van der Waals surface area (Å²) in [7, 11) is 3.95. The van der Waals surface area contributed by atoms with E-state index >= 15 is 0 Å². The zero-order chi connectivity index (χ0) is 18.4. The van der Waals surface area contributed by atoms with Crippen molar-refractivity contribution in [3.8, 4) is 0 Å². The quantitative estimate of drug-likeness (QED) is 0.689. The first-order chi connectivity index (χ1) is 11.9. The largest absolute Gasteiger partial charge is 0.378 e. The third-order valence-electron chi connectivity index (χ3n) is 3.81. The monoisotopic (exact) mass is 364 g/mol. The van der Waals surface area contributed by atoms with Crippen LogP contribution in [0.5, 0.6) is 0 Å². The lowest BCUT2D eigenvalue weighted by Crippen LogP contribution is -2.31. The van der Waals surface area contributed by atoms with Crippen molar-refractivity contribution in [1.29, 1.82) is 0 Å². The highest BCUT2D eigenvalue weighted by atomic mass is 32.2. The zero-order valence-corrected chi connectivity index (χ0v) is 15.4. The summed E-state index contributed by atoms with van der Waals surface area (Å²) in [5.41, 5.74) is 2.14. The Morgan fingerprint density at radius 2 is 1.76 bits per heavy atom. The maximum atomic E-state index is 13.6. The smallest absolute Gasteiger partial charge is 0.233 e. The van der Waals surface area contributed by atoms with Crippen LogP contribution < -0.4 is 4.90 Å². The summed E-state index contributed by atoms with van der Waals surface area (Å²) in [6, 6.07) is 11.4. The maximum absolute atomic E-state index is 13.6. The highest BCUT2D eigenvalue weighted by molar-refractivity contribution is 8.00. The summed E-state index contributed by atoms with van der Waals surface area (Å²) in [6.45, 7) is 2.99. The zero-order valence-electron chi connectivity index (χ0n) is 14.6. The fourth-order valence-corrected chi connectivity index (χ4v) is 3.14. The lowest BCUT2D eigenvalue weighted by atomic mass is 10.2. The van der Waals surface area contributed by atoms with Gasteiger partial charge in [0.05, 0.1) is 5.75 Å². The van der Waals surface area contributed by atoms with E-state index in [0.717, 1.165) is 29.1 Å². The molecule has 0 aliphatic carbocycles. The number of nitrogens with zero attached hydrogens (tertiary/aromatic N) is 2. The molecule has 134 valence electrons. The van der Waals surface area contributed by atoms with Crippen LogP contribution in [0.3, 0.4) is 0 Å². The van der Waals surface area contributed by atoms with Crippen LogP contribution in [-0.2, 0) is 11.3 Å².